The van der Waals surface area contributed by atoms with Crippen LogP contribution in [-0.2, 0) is 6.54 Å². The number of hydrogen-bond acceptors (Lipinski definition) is 7. The molecule has 7 nitrogen and oxygen atoms in total. The Morgan fingerprint density at radius 3 is 2.66 bits per heavy atom. The first-order valence-electron chi connectivity index (χ1n) is 11.9. The summed E-state index contributed by atoms with van der Waals surface area (Å²) in [6, 6.07) is 14.4. The molecule has 0 radical (unpaired) electrons. The van der Waals surface area contributed by atoms with E-state index in [4.69, 9.17) is 9.37 Å². The molecule has 1 aliphatic carbocycles. The lowest BCUT2D eigenvalue weighted by molar-refractivity contribution is -0.0229. The Hall–Kier alpha value is -2.64. The van der Waals surface area contributed by atoms with E-state index in [1.54, 1.807) is 0 Å². The molecule has 0 unspecified atom stereocenters. The van der Waals surface area contributed by atoms with Crippen molar-refractivity contribution < 1.29 is 14.5 Å². The maximum Gasteiger partial charge on any atom is 0.143 e. The van der Waals surface area contributed by atoms with Gasteiger partial charge in [-0.2, -0.15) is 0 Å². The first kappa shape index (κ1) is 20.0. The number of aromatic nitrogens is 2. The summed E-state index contributed by atoms with van der Waals surface area (Å²) in [7, 11) is 0. The normalized spacial score (nSPS) is 28.3. The summed E-state index contributed by atoms with van der Waals surface area (Å²) in [5.41, 5.74) is 3.97. The first-order chi connectivity index (χ1) is 15.7. The topological polar surface area (TPSA) is 74.9 Å². The number of benzene rings is 2. The molecule has 2 aromatic carbocycles. The average Bonchev–Trinajstić information content (AvgIpc) is 3.55. The van der Waals surface area contributed by atoms with E-state index in [0.717, 1.165) is 67.9 Å². The van der Waals surface area contributed by atoms with Crippen LogP contribution in [0.5, 0.6) is 5.75 Å². The van der Waals surface area contributed by atoms with Gasteiger partial charge < -0.3 is 14.7 Å². The van der Waals surface area contributed by atoms with E-state index in [-0.39, 0.29) is 6.10 Å². The van der Waals surface area contributed by atoms with Crippen LogP contribution in [0.4, 0.5) is 5.69 Å². The monoisotopic (exact) mass is 434 g/mol. The van der Waals surface area contributed by atoms with E-state index >= 15 is 0 Å². The minimum absolute atomic E-state index is 0.150. The van der Waals surface area contributed by atoms with Gasteiger partial charge in [-0.15, -0.1) is 0 Å². The van der Waals surface area contributed by atoms with Crippen molar-refractivity contribution >= 4 is 16.7 Å². The molecule has 3 heterocycles. The largest absolute Gasteiger partial charge is 0.486 e. The lowest BCUT2D eigenvalue weighted by Crippen LogP contribution is -2.42. The second-order valence-corrected chi connectivity index (χ2v) is 9.62. The number of para-hydroxylation sites is 2. The zero-order chi connectivity index (χ0) is 21.5. The Kier molecular flexibility index (Phi) is 5.23. The Morgan fingerprint density at radius 2 is 1.78 bits per heavy atom. The molecule has 1 aromatic heterocycles. The van der Waals surface area contributed by atoms with Gasteiger partial charge in [0.2, 0.25) is 0 Å². The number of anilines is 1. The maximum atomic E-state index is 10.9. The van der Waals surface area contributed by atoms with Crippen LogP contribution in [0.1, 0.15) is 31.2 Å². The van der Waals surface area contributed by atoms with E-state index < -0.39 is 6.10 Å². The van der Waals surface area contributed by atoms with Crippen LogP contribution in [0.3, 0.4) is 0 Å². The molecule has 0 amide bonds. The highest BCUT2D eigenvalue weighted by Crippen LogP contribution is 2.40. The number of hydrogen-bond donors (Lipinski definition) is 1. The lowest BCUT2D eigenvalue weighted by atomic mass is 9.78. The van der Waals surface area contributed by atoms with E-state index in [1.165, 1.54) is 18.5 Å². The van der Waals surface area contributed by atoms with Gasteiger partial charge in [-0.3, -0.25) is 4.90 Å². The summed E-state index contributed by atoms with van der Waals surface area (Å²) in [6.45, 7) is 5.02. The zero-order valence-corrected chi connectivity index (χ0v) is 18.3. The minimum atomic E-state index is -0.425. The van der Waals surface area contributed by atoms with E-state index in [2.05, 4.69) is 44.4 Å². The quantitative estimate of drug-likeness (QED) is 0.659. The molecule has 32 heavy (non-hydrogen) atoms. The fourth-order valence-corrected chi connectivity index (χ4v) is 5.91. The van der Waals surface area contributed by atoms with Crippen LogP contribution < -0.4 is 9.64 Å². The highest BCUT2D eigenvalue weighted by Gasteiger charge is 2.43. The Labute approximate surface area is 187 Å². The van der Waals surface area contributed by atoms with Crippen LogP contribution >= 0.6 is 0 Å². The van der Waals surface area contributed by atoms with E-state index in [9.17, 15) is 5.11 Å². The predicted molar refractivity (Wildman–Crippen MR) is 122 cm³/mol. The van der Waals surface area contributed by atoms with Gasteiger partial charge in [-0.05, 0) is 71.6 Å². The number of aliphatic hydroxyl groups excluding tert-OH is 1. The van der Waals surface area contributed by atoms with Gasteiger partial charge in [0.1, 0.15) is 22.9 Å². The first-order valence-corrected chi connectivity index (χ1v) is 11.9. The molecule has 4 atom stereocenters. The molecule has 2 saturated heterocycles. The molecular formula is C25H30N4O3. The minimum Gasteiger partial charge on any atom is -0.486 e. The standard InChI is InChI=1S/C25H30N4O3/c30-22-12-18-15-28(14-17-6-5-7-20-25(17)27-32-26-20)16-19(18)13-24(22)31-23-9-2-1-8-21(23)29-10-3-4-11-29/h1-2,5-9,18-19,22,24,30H,3-4,10-16H2/t18-,19+,22+,24+/m0/s1. The van der Waals surface area contributed by atoms with Crippen LogP contribution in [0.25, 0.3) is 11.0 Å². The number of ether oxygens (including phenoxy) is 1. The van der Waals surface area contributed by atoms with Crippen LogP contribution in [0, 0.1) is 11.8 Å². The van der Waals surface area contributed by atoms with E-state index in [0.29, 0.717) is 11.8 Å². The summed E-state index contributed by atoms with van der Waals surface area (Å²) >= 11 is 0. The number of rotatable bonds is 5. The van der Waals surface area contributed by atoms with Crippen molar-refractivity contribution in [3.8, 4) is 5.75 Å². The molecule has 6 rings (SSSR count). The molecule has 168 valence electrons. The van der Waals surface area contributed by atoms with Crippen molar-refractivity contribution in [3.05, 3.63) is 48.0 Å². The SMILES string of the molecule is O[C@@H]1C[C@H]2CN(Cc3cccc4nonc34)C[C@H]2C[C@H]1Oc1ccccc1N1CCCC1. The summed E-state index contributed by atoms with van der Waals surface area (Å²) < 4.78 is 11.4. The van der Waals surface area contributed by atoms with Crippen molar-refractivity contribution in [2.45, 2.75) is 44.4 Å². The van der Waals surface area contributed by atoms with Crippen molar-refractivity contribution in [1.82, 2.24) is 15.2 Å². The zero-order valence-electron chi connectivity index (χ0n) is 18.3. The van der Waals surface area contributed by atoms with Crippen molar-refractivity contribution in [3.63, 3.8) is 0 Å². The smallest absolute Gasteiger partial charge is 0.143 e. The predicted octanol–water partition coefficient (Wildman–Crippen LogP) is 3.47. The number of fused-ring (bicyclic) bond motifs is 2. The van der Waals surface area contributed by atoms with Crippen molar-refractivity contribution in [1.29, 1.82) is 0 Å². The summed E-state index contributed by atoms with van der Waals surface area (Å²) in [5.74, 6) is 1.96. The molecule has 2 aliphatic heterocycles. The molecular weight excluding hydrogens is 404 g/mol. The highest BCUT2D eigenvalue weighted by atomic mass is 16.6. The lowest BCUT2D eigenvalue weighted by Gasteiger charge is -2.36. The number of nitrogens with zero attached hydrogens (tertiary/aromatic N) is 4. The molecule has 1 N–H and O–H groups in total. The van der Waals surface area contributed by atoms with Crippen LogP contribution in [-0.4, -0.2) is 58.7 Å². The summed E-state index contributed by atoms with van der Waals surface area (Å²) in [4.78, 5) is 4.88. The fraction of sp³-hybridized carbons (Fsp3) is 0.520. The van der Waals surface area contributed by atoms with Gasteiger partial charge in [0.15, 0.2) is 0 Å². The molecule has 0 spiro atoms. The third-order valence-corrected chi connectivity index (χ3v) is 7.51. The average molecular weight is 435 g/mol. The number of aliphatic hydroxyl groups is 1. The van der Waals surface area contributed by atoms with Gasteiger partial charge in [-0.1, -0.05) is 24.3 Å². The van der Waals surface area contributed by atoms with Gasteiger partial charge in [0, 0.05) is 32.7 Å². The molecule has 3 aromatic rings. The maximum absolute atomic E-state index is 10.9. The van der Waals surface area contributed by atoms with Crippen molar-refractivity contribution in [2.75, 3.05) is 31.1 Å². The second-order valence-electron chi connectivity index (χ2n) is 9.62. The molecule has 0 bridgehead atoms. The van der Waals surface area contributed by atoms with E-state index in [1.807, 2.05) is 18.2 Å². The van der Waals surface area contributed by atoms with Crippen LogP contribution in [0.2, 0.25) is 0 Å². The molecule has 3 aliphatic rings. The third kappa shape index (κ3) is 3.73. The Bertz CT molecular complexity index is 1080. The van der Waals surface area contributed by atoms with Crippen LogP contribution in [0.15, 0.2) is 47.1 Å². The fourth-order valence-electron chi connectivity index (χ4n) is 5.91. The van der Waals surface area contributed by atoms with Gasteiger partial charge in [0.05, 0.1) is 11.8 Å². The van der Waals surface area contributed by atoms with Crippen molar-refractivity contribution in [2.24, 2.45) is 11.8 Å². The van der Waals surface area contributed by atoms with Gasteiger partial charge >= 0.3 is 0 Å². The van der Waals surface area contributed by atoms with Gasteiger partial charge in [-0.25, -0.2) is 4.63 Å². The summed E-state index contributed by atoms with van der Waals surface area (Å²) in [5, 5.41) is 19.0. The molecule has 7 heteroatoms. The molecule has 3 fully saturated rings. The highest BCUT2D eigenvalue weighted by molar-refractivity contribution is 5.76. The molecule has 1 saturated carbocycles. The number of likely N-dealkylation sites (tertiary alicyclic amines) is 1. The third-order valence-electron chi connectivity index (χ3n) is 7.51. The second kappa shape index (κ2) is 8.37. The summed E-state index contributed by atoms with van der Waals surface area (Å²) in [6.07, 6.45) is 3.59. The van der Waals surface area contributed by atoms with Gasteiger partial charge in [0.25, 0.3) is 0 Å². The Balaban J connectivity index is 1.14. The Morgan fingerprint density at radius 1 is 0.969 bits per heavy atom.